The maximum Gasteiger partial charge on any atom is 0.185 e. The van der Waals surface area contributed by atoms with Gasteiger partial charge in [-0.1, -0.05) is 35.9 Å². The predicted molar refractivity (Wildman–Crippen MR) is 90.3 cm³/mol. The molecule has 0 N–H and O–H groups in total. The number of benzene rings is 1. The summed E-state index contributed by atoms with van der Waals surface area (Å²) in [4.78, 5) is 13.8. The van der Waals surface area contributed by atoms with Gasteiger partial charge in [-0.2, -0.15) is 0 Å². The third-order valence-electron chi connectivity index (χ3n) is 3.75. The molecule has 0 amide bonds. The number of carbonyl (C=O) groups excluding carboxylic acids is 1. The molecule has 1 aliphatic rings. The van der Waals surface area contributed by atoms with Gasteiger partial charge in [0.2, 0.25) is 0 Å². The van der Waals surface area contributed by atoms with Crippen LogP contribution in [-0.2, 0) is 4.79 Å². The minimum absolute atomic E-state index is 0.218. The first-order valence-electron chi connectivity index (χ1n) is 7.28. The van der Waals surface area contributed by atoms with Gasteiger partial charge in [-0.25, -0.2) is 0 Å². The second kappa shape index (κ2) is 6.23. The summed E-state index contributed by atoms with van der Waals surface area (Å²) in [6.07, 6.45) is 6.93. The molecule has 1 nitrogen and oxygen atoms in total. The van der Waals surface area contributed by atoms with Gasteiger partial charge in [0, 0.05) is 16.0 Å². The van der Waals surface area contributed by atoms with E-state index in [-0.39, 0.29) is 5.78 Å². The number of rotatable bonds is 2. The molecule has 21 heavy (non-hydrogen) atoms. The Labute approximate surface area is 129 Å². The van der Waals surface area contributed by atoms with E-state index in [4.69, 9.17) is 0 Å². The fourth-order valence-electron chi connectivity index (χ4n) is 2.59. The maximum absolute atomic E-state index is 12.6. The molecule has 1 saturated carbocycles. The molecule has 1 aliphatic carbocycles. The molecule has 1 aromatic heterocycles. The maximum atomic E-state index is 12.6. The minimum Gasteiger partial charge on any atom is -0.289 e. The Balaban J connectivity index is 1.86. The van der Waals surface area contributed by atoms with Crippen LogP contribution in [0.2, 0.25) is 0 Å². The molecule has 2 heteroatoms. The predicted octanol–water partition coefficient (Wildman–Crippen LogP) is 5.28. The van der Waals surface area contributed by atoms with Crippen LogP contribution in [0.4, 0.5) is 0 Å². The molecule has 0 radical (unpaired) electrons. The number of allylic oxidation sites excluding steroid dienone is 2. The molecule has 1 aromatic carbocycles. The summed E-state index contributed by atoms with van der Waals surface area (Å²) in [6, 6.07) is 12.4. The van der Waals surface area contributed by atoms with E-state index in [2.05, 4.69) is 43.3 Å². The quantitative estimate of drug-likeness (QED) is 0.689. The fourth-order valence-corrected chi connectivity index (χ4v) is 3.27. The number of carbonyl (C=O) groups is 1. The van der Waals surface area contributed by atoms with Crippen molar-refractivity contribution >= 4 is 29.3 Å². The molecule has 0 saturated heterocycles. The lowest BCUT2D eigenvalue weighted by atomic mass is 9.87. The van der Waals surface area contributed by atoms with Crippen LogP contribution in [0.1, 0.15) is 35.3 Å². The summed E-state index contributed by atoms with van der Waals surface area (Å²) in [5, 5.41) is 2.04. The van der Waals surface area contributed by atoms with Gasteiger partial charge in [-0.15, -0.1) is 11.3 Å². The van der Waals surface area contributed by atoms with Crippen LogP contribution >= 0.6 is 11.3 Å². The van der Waals surface area contributed by atoms with Crippen molar-refractivity contribution in [2.45, 2.75) is 26.2 Å². The number of thiophene rings is 1. The monoisotopic (exact) mass is 294 g/mol. The smallest absolute Gasteiger partial charge is 0.185 e. The average molecular weight is 294 g/mol. The van der Waals surface area contributed by atoms with E-state index in [0.29, 0.717) is 0 Å². The summed E-state index contributed by atoms with van der Waals surface area (Å²) in [6.45, 7) is 2.07. The van der Waals surface area contributed by atoms with Crippen LogP contribution in [0.5, 0.6) is 0 Å². The lowest BCUT2D eigenvalue weighted by molar-refractivity contribution is -0.112. The van der Waals surface area contributed by atoms with Gasteiger partial charge in [-0.3, -0.25) is 4.79 Å². The molecule has 106 valence electrons. The Morgan fingerprint density at radius 1 is 1.00 bits per heavy atom. The zero-order chi connectivity index (χ0) is 14.7. The van der Waals surface area contributed by atoms with Crippen LogP contribution < -0.4 is 0 Å². The van der Waals surface area contributed by atoms with Crippen LogP contribution in [0.3, 0.4) is 0 Å². The molecule has 2 aromatic rings. The number of Topliss-reactive ketones (excluding diaryl/α,β-unsaturated/α-hetero) is 1. The fraction of sp³-hybridized carbons (Fsp3) is 0.211. The highest BCUT2D eigenvalue weighted by Crippen LogP contribution is 2.28. The van der Waals surface area contributed by atoms with Gasteiger partial charge in [-0.05, 0) is 55.3 Å². The van der Waals surface area contributed by atoms with E-state index in [9.17, 15) is 4.79 Å². The van der Waals surface area contributed by atoms with E-state index < -0.39 is 0 Å². The summed E-state index contributed by atoms with van der Waals surface area (Å²) in [5.41, 5.74) is 4.24. The van der Waals surface area contributed by atoms with E-state index in [1.54, 1.807) is 11.3 Å². The largest absolute Gasteiger partial charge is 0.289 e. The Hall–Kier alpha value is -1.93. The van der Waals surface area contributed by atoms with Gasteiger partial charge in [0.25, 0.3) is 0 Å². The first-order valence-corrected chi connectivity index (χ1v) is 8.16. The normalized spacial score (nSPS) is 19.4. The topological polar surface area (TPSA) is 17.1 Å². The van der Waals surface area contributed by atoms with Crippen molar-refractivity contribution in [2.75, 3.05) is 0 Å². The van der Waals surface area contributed by atoms with E-state index in [0.717, 1.165) is 40.8 Å². The molecule has 0 unspecified atom stereocenters. The van der Waals surface area contributed by atoms with E-state index in [1.807, 2.05) is 17.5 Å². The second-order valence-electron chi connectivity index (χ2n) is 5.45. The zero-order valence-electron chi connectivity index (χ0n) is 12.1. The van der Waals surface area contributed by atoms with Crippen molar-refractivity contribution in [1.29, 1.82) is 0 Å². The van der Waals surface area contributed by atoms with Crippen molar-refractivity contribution in [3.8, 4) is 0 Å². The average Bonchev–Trinajstić information content (AvgIpc) is 2.99. The lowest BCUT2D eigenvalue weighted by Crippen LogP contribution is -2.12. The van der Waals surface area contributed by atoms with Gasteiger partial charge in [0.05, 0.1) is 0 Å². The van der Waals surface area contributed by atoms with E-state index in [1.165, 1.54) is 5.56 Å². The summed E-state index contributed by atoms with van der Waals surface area (Å²) in [7, 11) is 0. The highest BCUT2D eigenvalue weighted by atomic mass is 32.1. The number of hydrogen-bond acceptors (Lipinski definition) is 2. The van der Waals surface area contributed by atoms with Crippen molar-refractivity contribution in [3.63, 3.8) is 0 Å². The Morgan fingerprint density at radius 3 is 2.38 bits per heavy atom. The first-order chi connectivity index (χ1) is 10.2. The standard InChI is InChI=1S/C19H18OS/c1-14-7-9-15(10-8-14)12-16-4-2-5-17(19(16)20)13-18-6-3-11-21-18/h3,6-13H,2,4-5H2,1H3/b16-12+,17-13+. The van der Waals surface area contributed by atoms with Crippen LogP contribution in [0.25, 0.3) is 12.2 Å². The number of aryl methyl sites for hydroxylation is 1. The number of ketones is 1. The third-order valence-corrected chi connectivity index (χ3v) is 4.57. The zero-order valence-corrected chi connectivity index (χ0v) is 13.0. The molecule has 0 bridgehead atoms. The highest BCUT2D eigenvalue weighted by Gasteiger charge is 2.20. The lowest BCUT2D eigenvalue weighted by Gasteiger charge is -2.16. The van der Waals surface area contributed by atoms with Crippen molar-refractivity contribution < 1.29 is 4.79 Å². The Bertz CT molecular complexity index is 688. The highest BCUT2D eigenvalue weighted by molar-refractivity contribution is 7.10. The Morgan fingerprint density at radius 2 is 1.71 bits per heavy atom. The van der Waals surface area contributed by atoms with Crippen LogP contribution in [0, 0.1) is 6.92 Å². The number of hydrogen-bond donors (Lipinski definition) is 0. The molecule has 0 aliphatic heterocycles. The van der Waals surface area contributed by atoms with Crippen LogP contribution in [0.15, 0.2) is 52.9 Å². The summed E-state index contributed by atoms with van der Waals surface area (Å²) < 4.78 is 0. The third kappa shape index (κ3) is 3.40. The van der Waals surface area contributed by atoms with Crippen molar-refractivity contribution in [3.05, 3.63) is 68.9 Å². The molecule has 0 atom stereocenters. The second-order valence-corrected chi connectivity index (χ2v) is 6.43. The molecule has 3 rings (SSSR count). The molecular weight excluding hydrogens is 276 g/mol. The van der Waals surface area contributed by atoms with Crippen molar-refractivity contribution in [1.82, 2.24) is 0 Å². The van der Waals surface area contributed by atoms with E-state index >= 15 is 0 Å². The summed E-state index contributed by atoms with van der Waals surface area (Å²) in [5.74, 6) is 0.218. The molecule has 1 fully saturated rings. The van der Waals surface area contributed by atoms with Crippen LogP contribution in [-0.4, -0.2) is 5.78 Å². The van der Waals surface area contributed by atoms with Gasteiger partial charge in [0.1, 0.15) is 0 Å². The van der Waals surface area contributed by atoms with Gasteiger partial charge >= 0.3 is 0 Å². The van der Waals surface area contributed by atoms with Crippen molar-refractivity contribution in [2.24, 2.45) is 0 Å². The molecule has 0 spiro atoms. The SMILES string of the molecule is Cc1ccc(/C=C2\CCC/C(=C\c3cccs3)C2=O)cc1. The molecule has 1 heterocycles. The van der Waals surface area contributed by atoms with Gasteiger partial charge < -0.3 is 0 Å². The first kappa shape index (κ1) is 14.0. The molecular formula is C19H18OS. The summed E-state index contributed by atoms with van der Waals surface area (Å²) >= 11 is 1.68. The minimum atomic E-state index is 0.218. The van der Waals surface area contributed by atoms with Gasteiger partial charge in [0.15, 0.2) is 5.78 Å². The Kier molecular flexibility index (Phi) is 4.16.